The van der Waals surface area contributed by atoms with Crippen LogP contribution in [0.5, 0.6) is 5.75 Å². The number of para-hydroxylation sites is 1. The maximum atomic E-state index is 9.58. The van der Waals surface area contributed by atoms with Crippen LogP contribution >= 0.6 is 0 Å². The van der Waals surface area contributed by atoms with E-state index in [4.69, 9.17) is 5.11 Å². The van der Waals surface area contributed by atoms with Crippen molar-refractivity contribution in [2.75, 3.05) is 11.9 Å². The molecule has 0 atom stereocenters. The van der Waals surface area contributed by atoms with Gasteiger partial charge in [-0.3, -0.25) is 4.68 Å². The van der Waals surface area contributed by atoms with E-state index in [1.807, 2.05) is 18.3 Å². The number of aromatic hydroxyl groups is 1. The summed E-state index contributed by atoms with van der Waals surface area (Å²) in [5.41, 5.74) is 1.70. The summed E-state index contributed by atoms with van der Waals surface area (Å²) in [6.45, 7) is 1.09. The highest BCUT2D eigenvalue weighted by atomic mass is 16.3. The predicted molar refractivity (Wildman–Crippen MR) is 64.7 cm³/mol. The topological polar surface area (TPSA) is 70.3 Å². The summed E-state index contributed by atoms with van der Waals surface area (Å²) in [6, 6.07) is 7.19. The fraction of sp³-hybridized carbons (Fsp3) is 0.250. The van der Waals surface area contributed by atoms with Gasteiger partial charge in [-0.1, -0.05) is 18.2 Å². The summed E-state index contributed by atoms with van der Waals surface area (Å²) in [7, 11) is 0. The molecule has 0 unspecified atom stereocenters. The first-order valence-corrected chi connectivity index (χ1v) is 5.43. The molecule has 1 heterocycles. The normalized spacial score (nSPS) is 10.4. The Labute approximate surface area is 99.3 Å². The number of phenolic OH excluding ortho intramolecular Hbond substituents is 1. The lowest BCUT2D eigenvalue weighted by Crippen LogP contribution is -2.02. The second-order valence-corrected chi connectivity index (χ2v) is 3.70. The van der Waals surface area contributed by atoms with Crippen LogP contribution in [0.4, 0.5) is 5.69 Å². The number of hydrogen-bond donors (Lipinski definition) is 3. The van der Waals surface area contributed by atoms with Crippen LogP contribution in [0.15, 0.2) is 36.7 Å². The third kappa shape index (κ3) is 2.98. The molecule has 0 aliphatic rings. The summed E-state index contributed by atoms with van der Waals surface area (Å²) in [4.78, 5) is 0. The number of aliphatic hydroxyl groups excluding tert-OH is 1. The van der Waals surface area contributed by atoms with E-state index in [0.29, 0.717) is 13.1 Å². The number of phenols is 1. The first-order valence-electron chi connectivity index (χ1n) is 5.43. The van der Waals surface area contributed by atoms with E-state index in [2.05, 4.69) is 10.4 Å². The SMILES string of the molecule is OCCn1cc(NCc2ccccc2O)cn1. The van der Waals surface area contributed by atoms with E-state index in [1.54, 1.807) is 23.0 Å². The van der Waals surface area contributed by atoms with Crippen molar-refractivity contribution in [2.24, 2.45) is 0 Å². The highest BCUT2D eigenvalue weighted by Crippen LogP contribution is 2.17. The zero-order valence-corrected chi connectivity index (χ0v) is 9.37. The lowest BCUT2D eigenvalue weighted by Gasteiger charge is -2.05. The Balaban J connectivity index is 1.95. The molecule has 0 saturated carbocycles. The molecule has 0 aliphatic carbocycles. The molecule has 0 saturated heterocycles. The summed E-state index contributed by atoms with van der Waals surface area (Å²) < 4.78 is 1.66. The molecule has 0 radical (unpaired) electrons. The van der Waals surface area contributed by atoms with E-state index in [-0.39, 0.29) is 12.4 Å². The van der Waals surface area contributed by atoms with E-state index in [1.165, 1.54) is 0 Å². The van der Waals surface area contributed by atoms with E-state index < -0.39 is 0 Å². The quantitative estimate of drug-likeness (QED) is 0.725. The van der Waals surface area contributed by atoms with Gasteiger partial charge < -0.3 is 15.5 Å². The van der Waals surface area contributed by atoms with Gasteiger partial charge in [-0.2, -0.15) is 5.10 Å². The highest BCUT2D eigenvalue weighted by molar-refractivity contribution is 5.41. The monoisotopic (exact) mass is 233 g/mol. The van der Waals surface area contributed by atoms with E-state index >= 15 is 0 Å². The van der Waals surface area contributed by atoms with Gasteiger partial charge in [-0.25, -0.2) is 0 Å². The molecule has 0 spiro atoms. The summed E-state index contributed by atoms with van der Waals surface area (Å²) in [5, 5.41) is 25.6. The minimum absolute atomic E-state index is 0.0700. The number of nitrogens with one attached hydrogen (secondary N) is 1. The number of aliphatic hydroxyl groups is 1. The molecule has 0 fully saturated rings. The Morgan fingerprint density at radius 2 is 2.12 bits per heavy atom. The standard InChI is InChI=1S/C12H15N3O2/c16-6-5-15-9-11(8-14-15)13-7-10-3-1-2-4-12(10)17/h1-4,8-9,13,16-17H,5-7H2. The Morgan fingerprint density at radius 1 is 1.29 bits per heavy atom. The second-order valence-electron chi connectivity index (χ2n) is 3.70. The molecule has 0 aliphatic heterocycles. The van der Waals surface area contributed by atoms with Crippen molar-refractivity contribution >= 4 is 5.69 Å². The first-order chi connectivity index (χ1) is 8.29. The molecule has 1 aromatic heterocycles. The lowest BCUT2D eigenvalue weighted by molar-refractivity contribution is 0.269. The number of rotatable bonds is 5. The van der Waals surface area contributed by atoms with Crippen molar-refractivity contribution in [2.45, 2.75) is 13.1 Å². The van der Waals surface area contributed by atoms with Gasteiger partial charge in [0.2, 0.25) is 0 Å². The van der Waals surface area contributed by atoms with E-state index in [0.717, 1.165) is 11.3 Å². The summed E-state index contributed by atoms with van der Waals surface area (Å²) >= 11 is 0. The Morgan fingerprint density at radius 3 is 2.88 bits per heavy atom. The molecule has 3 N–H and O–H groups in total. The van der Waals surface area contributed by atoms with Gasteiger partial charge in [0.1, 0.15) is 5.75 Å². The smallest absolute Gasteiger partial charge is 0.120 e. The van der Waals surface area contributed by atoms with Crippen LogP contribution in [0.25, 0.3) is 0 Å². The molecular formula is C12H15N3O2. The van der Waals surface area contributed by atoms with Gasteiger partial charge in [-0.05, 0) is 6.07 Å². The first kappa shape index (κ1) is 11.5. The molecule has 2 aromatic rings. The van der Waals surface area contributed by atoms with Crippen LogP contribution in [0.2, 0.25) is 0 Å². The van der Waals surface area contributed by atoms with Gasteiger partial charge >= 0.3 is 0 Å². The van der Waals surface area contributed by atoms with Crippen LogP contribution in [-0.4, -0.2) is 26.6 Å². The van der Waals surface area contributed by atoms with Crippen LogP contribution in [0, 0.1) is 0 Å². The number of benzene rings is 1. The van der Waals surface area contributed by atoms with Crippen molar-refractivity contribution in [1.82, 2.24) is 9.78 Å². The van der Waals surface area contributed by atoms with Crippen LogP contribution in [0.3, 0.4) is 0 Å². The van der Waals surface area contributed by atoms with Crippen molar-refractivity contribution in [3.63, 3.8) is 0 Å². The molecular weight excluding hydrogens is 218 g/mol. The largest absolute Gasteiger partial charge is 0.508 e. The summed E-state index contributed by atoms with van der Waals surface area (Å²) in [6.07, 6.45) is 3.51. The lowest BCUT2D eigenvalue weighted by atomic mass is 10.2. The van der Waals surface area contributed by atoms with Crippen LogP contribution in [0.1, 0.15) is 5.56 Å². The van der Waals surface area contributed by atoms with Crippen LogP contribution < -0.4 is 5.32 Å². The summed E-state index contributed by atoms with van der Waals surface area (Å²) in [5.74, 6) is 0.280. The van der Waals surface area contributed by atoms with Gasteiger partial charge in [-0.15, -0.1) is 0 Å². The zero-order chi connectivity index (χ0) is 12.1. The second kappa shape index (κ2) is 5.36. The average molecular weight is 233 g/mol. The van der Waals surface area contributed by atoms with Gasteiger partial charge in [0, 0.05) is 18.3 Å². The van der Waals surface area contributed by atoms with Crippen molar-refractivity contribution in [1.29, 1.82) is 0 Å². The Kier molecular flexibility index (Phi) is 3.62. The Bertz CT molecular complexity index is 482. The Hall–Kier alpha value is -2.01. The number of nitrogens with zero attached hydrogens (tertiary/aromatic N) is 2. The molecule has 5 heteroatoms. The molecule has 0 amide bonds. The third-order valence-electron chi connectivity index (χ3n) is 2.44. The highest BCUT2D eigenvalue weighted by Gasteiger charge is 2.01. The third-order valence-corrected chi connectivity index (χ3v) is 2.44. The van der Waals surface area contributed by atoms with Crippen molar-refractivity contribution in [3.05, 3.63) is 42.2 Å². The molecule has 2 rings (SSSR count). The van der Waals surface area contributed by atoms with Crippen molar-refractivity contribution in [3.8, 4) is 5.75 Å². The number of anilines is 1. The minimum Gasteiger partial charge on any atom is -0.508 e. The van der Waals surface area contributed by atoms with Gasteiger partial charge in [0.25, 0.3) is 0 Å². The van der Waals surface area contributed by atoms with E-state index in [9.17, 15) is 5.11 Å². The number of hydrogen-bond acceptors (Lipinski definition) is 4. The maximum absolute atomic E-state index is 9.58. The molecule has 5 nitrogen and oxygen atoms in total. The van der Waals surface area contributed by atoms with Crippen molar-refractivity contribution < 1.29 is 10.2 Å². The fourth-order valence-electron chi connectivity index (χ4n) is 1.54. The molecule has 17 heavy (non-hydrogen) atoms. The van der Waals surface area contributed by atoms with Gasteiger partial charge in [0.15, 0.2) is 0 Å². The molecule has 1 aromatic carbocycles. The number of aromatic nitrogens is 2. The zero-order valence-electron chi connectivity index (χ0n) is 9.37. The maximum Gasteiger partial charge on any atom is 0.120 e. The molecule has 0 bridgehead atoms. The van der Waals surface area contributed by atoms with Crippen LogP contribution in [-0.2, 0) is 13.1 Å². The van der Waals surface area contributed by atoms with Gasteiger partial charge in [0.05, 0.1) is 25.0 Å². The minimum atomic E-state index is 0.0700. The molecule has 90 valence electrons. The fourth-order valence-corrected chi connectivity index (χ4v) is 1.54. The predicted octanol–water partition coefficient (Wildman–Crippen LogP) is 1.19. The average Bonchev–Trinajstić information content (AvgIpc) is 2.76.